The topological polar surface area (TPSA) is 84.5 Å². The number of nitrogens with one attached hydrogen (secondary N) is 1. The van der Waals surface area contributed by atoms with Crippen molar-refractivity contribution >= 4 is 15.8 Å². The summed E-state index contributed by atoms with van der Waals surface area (Å²) in [6.07, 6.45) is 2.22. The van der Waals surface area contributed by atoms with E-state index in [1.807, 2.05) is 0 Å². The van der Waals surface area contributed by atoms with E-state index in [0.717, 1.165) is 12.8 Å². The van der Waals surface area contributed by atoms with Gasteiger partial charge in [0.25, 0.3) is 0 Å². The van der Waals surface area contributed by atoms with Crippen molar-refractivity contribution in [3.8, 4) is 0 Å². The van der Waals surface area contributed by atoms with Gasteiger partial charge in [-0.3, -0.25) is 4.99 Å². The number of hydrogen-bond donors (Lipinski definition) is 2. The van der Waals surface area contributed by atoms with Gasteiger partial charge in [0.2, 0.25) is 0 Å². The van der Waals surface area contributed by atoms with Gasteiger partial charge in [-0.15, -0.1) is 0 Å². The second-order valence-corrected chi connectivity index (χ2v) is 6.43. The molecule has 0 spiro atoms. The minimum absolute atomic E-state index is 0.0238. The van der Waals surface area contributed by atoms with E-state index >= 15 is 0 Å². The average Bonchev–Trinajstić information content (AvgIpc) is 3.14. The first kappa shape index (κ1) is 12.9. The van der Waals surface area contributed by atoms with Gasteiger partial charge < -0.3 is 11.1 Å². The first-order valence-electron chi connectivity index (χ1n) is 5.92. The molecule has 1 fully saturated rings. The highest BCUT2D eigenvalue weighted by atomic mass is 32.2. The van der Waals surface area contributed by atoms with Crippen molar-refractivity contribution in [3.05, 3.63) is 30.3 Å². The van der Waals surface area contributed by atoms with Crippen LogP contribution in [-0.2, 0) is 9.84 Å². The summed E-state index contributed by atoms with van der Waals surface area (Å²) >= 11 is 0. The Balaban J connectivity index is 1.89. The highest BCUT2D eigenvalue weighted by Crippen LogP contribution is 2.18. The Morgan fingerprint density at radius 1 is 1.33 bits per heavy atom. The fourth-order valence-electron chi connectivity index (χ4n) is 1.51. The molecule has 0 aromatic heterocycles. The summed E-state index contributed by atoms with van der Waals surface area (Å²) in [6.45, 7) is 0.183. The average molecular weight is 267 g/mol. The lowest BCUT2D eigenvalue weighted by molar-refractivity contribution is 0.596. The summed E-state index contributed by atoms with van der Waals surface area (Å²) in [7, 11) is -3.26. The van der Waals surface area contributed by atoms with Crippen LogP contribution < -0.4 is 11.1 Å². The molecule has 0 unspecified atom stereocenters. The lowest BCUT2D eigenvalue weighted by atomic mass is 10.4. The fourth-order valence-corrected chi connectivity index (χ4v) is 2.65. The maximum Gasteiger partial charge on any atom is 0.188 e. The highest BCUT2D eigenvalue weighted by molar-refractivity contribution is 7.91. The van der Waals surface area contributed by atoms with Gasteiger partial charge in [0, 0.05) is 6.04 Å². The van der Waals surface area contributed by atoms with Crippen LogP contribution in [-0.4, -0.2) is 32.7 Å². The summed E-state index contributed by atoms with van der Waals surface area (Å²) in [6, 6.07) is 8.81. The van der Waals surface area contributed by atoms with Gasteiger partial charge in [0.15, 0.2) is 15.8 Å². The molecular weight excluding hydrogens is 250 g/mol. The zero-order valence-electron chi connectivity index (χ0n) is 10.0. The van der Waals surface area contributed by atoms with Crippen molar-refractivity contribution < 1.29 is 8.42 Å². The van der Waals surface area contributed by atoms with Crippen molar-refractivity contribution in [2.24, 2.45) is 10.7 Å². The van der Waals surface area contributed by atoms with Crippen molar-refractivity contribution in [3.63, 3.8) is 0 Å². The predicted octanol–water partition coefficient (Wildman–Crippen LogP) is 0.527. The molecule has 0 radical (unpaired) electrons. The zero-order chi connectivity index (χ0) is 13.0. The Labute approximate surface area is 107 Å². The molecule has 0 aliphatic heterocycles. The largest absolute Gasteiger partial charge is 0.370 e. The first-order valence-corrected chi connectivity index (χ1v) is 7.57. The van der Waals surface area contributed by atoms with Crippen LogP contribution in [0.25, 0.3) is 0 Å². The summed E-state index contributed by atoms with van der Waals surface area (Å²) in [5.41, 5.74) is 5.63. The van der Waals surface area contributed by atoms with Crippen LogP contribution in [0, 0.1) is 0 Å². The first-order chi connectivity index (χ1) is 8.58. The number of nitrogens with zero attached hydrogens (tertiary/aromatic N) is 1. The zero-order valence-corrected chi connectivity index (χ0v) is 10.9. The molecule has 1 aliphatic carbocycles. The quantitative estimate of drug-likeness (QED) is 0.602. The maximum absolute atomic E-state index is 11.9. The third-order valence-electron chi connectivity index (χ3n) is 2.67. The number of hydrogen-bond acceptors (Lipinski definition) is 3. The monoisotopic (exact) mass is 267 g/mol. The van der Waals surface area contributed by atoms with E-state index in [4.69, 9.17) is 5.73 Å². The third-order valence-corrected chi connectivity index (χ3v) is 4.38. The molecule has 0 saturated heterocycles. The van der Waals surface area contributed by atoms with Gasteiger partial charge in [-0.2, -0.15) is 0 Å². The Morgan fingerprint density at radius 2 is 2.00 bits per heavy atom. The number of aliphatic imine (C=N–C) groups is 1. The molecule has 18 heavy (non-hydrogen) atoms. The molecule has 1 saturated carbocycles. The molecule has 1 aliphatic rings. The van der Waals surface area contributed by atoms with Crippen molar-refractivity contribution in [2.45, 2.75) is 23.8 Å². The number of nitrogens with two attached hydrogens (primary N) is 1. The van der Waals surface area contributed by atoms with E-state index in [0.29, 0.717) is 16.9 Å². The molecule has 2 rings (SSSR count). The molecule has 98 valence electrons. The standard InChI is InChI=1S/C12H17N3O2S/c13-12(15-10-6-7-10)14-8-9-18(16,17)11-4-2-1-3-5-11/h1-5,10H,6-9H2,(H3,13,14,15). The van der Waals surface area contributed by atoms with E-state index in [1.165, 1.54) is 0 Å². The second kappa shape index (κ2) is 5.39. The molecule has 0 amide bonds. The van der Waals surface area contributed by atoms with Gasteiger partial charge in [0.1, 0.15) is 0 Å². The molecular formula is C12H17N3O2S. The lowest BCUT2D eigenvalue weighted by Gasteiger charge is -2.04. The Bertz CT molecular complexity index is 522. The molecule has 1 aromatic carbocycles. The Hall–Kier alpha value is -1.56. The third kappa shape index (κ3) is 3.73. The number of benzene rings is 1. The number of sulfone groups is 1. The van der Waals surface area contributed by atoms with Gasteiger partial charge in [-0.1, -0.05) is 18.2 Å². The second-order valence-electron chi connectivity index (χ2n) is 4.32. The van der Waals surface area contributed by atoms with Crippen LogP contribution >= 0.6 is 0 Å². The summed E-state index contributed by atoms with van der Waals surface area (Å²) in [5, 5.41) is 3.01. The Morgan fingerprint density at radius 3 is 2.61 bits per heavy atom. The van der Waals surface area contributed by atoms with Crippen LogP contribution in [0.4, 0.5) is 0 Å². The van der Waals surface area contributed by atoms with E-state index in [9.17, 15) is 8.42 Å². The minimum atomic E-state index is -3.26. The molecule has 0 heterocycles. The van der Waals surface area contributed by atoms with Crippen molar-refractivity contribution in [1.82, 2.24) is 5.32 Å². The molecule has 0 atom stereocenters. The van der Waals surface area contributed by atoms with E-state index < -0.39 is 9.84 Å². The number of rotatable bonds is 5. The van der Waals surface area contributed by atoms with Gasteiger partial charge >= 0.3 is 0 Å². The SMILES string of the molecule is NC(=NCCS(=O)(=O)c1ccccc1)NC1CC1. The molecule has 3 N–H and O–H groups in total. The summed E-state index contributed by atoms with van der Waals surface area (Å²) in [5.74, 6) is 0.310. The van der Waals surface area contributed by atoms with Gasteiger partial charge in [-0.25, -0.2) is 8.42 Å². The minimum Gasteiger partial charge on any atom is -0.370 e. The summed E-state index contributed by atoms with van der Waals surface area (Å²) in [4.78, 5) is 4.35. The van der Waals surface area contributed by atoms with Crippen LogP contribution in [0.1, 0.15) is 12.8 Å². The molecule has 1 aromatic rings. The van der Waals surface area contributed by atoms with Gasteiger partial charge in [-0.05, 0) is 25.0 Å². The van der Waals surface area contributed by atoms with Gasteiger partial charge in [0.05, 0.1) is 17.2 Å². The van der Waals surface area contributed by atoms with E-state index in [1.54, 1.807) is 30.3 Å². The highest BCUT2D eigenvalue weighted by Gasteiger charge is 2.21. The predicted molar refractivity (Wildman–Crippen MR) is 71.1 cm³/mol. The lowest BCUT2D eigenvalue weighted by Crippen LogP contribution is -2.33. The molecule has 0 bridgehead atoms. The van der Waals surface area contributed by atoms with E-state index in [-0.39, 0.29) is 12.3 Å². The molecule has 6 heteroatoms. The molecule has 5 nitrogen and oxygen atoms in total. The van der Waals surface area contributed by atoms with Crippen LogP contribution in [0.5, 0.6) is 0 Å². The van der Waals surface area contributed by atoms with Crippen molar-refractivity contribution in [2.75, 3.05) is 12.3 Å². The van der Waals surface area contributed by atoms with Crippen LogP contribution in [0.2, 0.25) is 0 Å². The smallest absolute Gasteiger partial charge is 0.188 e. The summed E-state index contributed by atoms with van der Waals surface area (Å²) < 4.78 is 23.8. The maximum atomic E-state index is 11.9. The number of guanidine groups is 1. The van der Waals surface area contributed by atoms with Crippen LogP contribution in [0.3, 0.4) is 0 Å². The van der Waals surface area contributed by atoms with Crippen LogP contribution in [0.15, 0.2) is 40.2 Å². The van der Waals surface area contributed by atoms with Crippen molar-refractivity contribution in [1.29, 1.82) is 0 Å². The fraction of sp³-hybridized carbons (Fsp3) is 0.417. The Kier molecular flexibility index (Phi) is 3.86. The normalized spacial score (nSPS) is 16.6. The van der Waals surface area contributed by atoms with E-state index in [2.05, 4.69) is 10.3 Å².